The Labute approximate surface area is 90.1 Å². The van der Waals surface area contributed by atoms with Crippen molar-refractivity contribution in [3.63, 3.8) is 0 Å². The monoisotopic (exact) mass is 197 g/mol. The summed E-state index contributed by atoms with van der Waals surface area (Å²) in [4.78, 5) is 0. The summed E-state index contributed by atoms with van der Waals surface area (Å²) in [7, 11) is 0. The first kappa shape index (κ1) is 9.78. The molecule has 0 atom stereocenters. The molecular weight excluding hydrogens is 184 g/mol. The van der Waals surface area contributed by atoms with Crippen LogP contribution in [0.25, 0.3) is 5.57 Å². The Morgan fingerprint density at radius 2 is 1.93 bits per heavy atom. The maximum atomic E-state index is 9.13. The third kappa shape index (κ3) is 2.01. The van der Waals surface area contributed by atoms with Gasteiger partial charge >= 0.3 is 0 Å². The minimum atomic E-state index is 0.786. The van der Waals surface area contributed by atoms with Gasteiger partial charge in [0, 0.05) is 0 Å². The largest absolute Gasteiger partial charge is 0.515 e. The quantitative estimate of drug-likeness (QED) is 0.681. The van der Waals surface area contributed by atoms with Crippen LogP contribution in [0.2, 0.25) is 0 Å². The first-order valence-corrected chi connectivity index (χ1v) is 4.94. The molecule has 1 heteroatoms. The lowest BCUT2D eigenvalue weighted by molar-refractivity contribution is 0.468. The van der Waals surface area contributed by atoms with Crippen LogP contribution in [0.5, 0.6) is 0 Å². The molecule has 1 aromatic carbocycles. The van der Waals surface area contributed by atoms with E-state index in [1.807, 2.05) is 42.5 Å². The van der Waals surface area contributed by atoms with Gasteiger partial charge in [-0.3, -0.25) is 0 Å². The molecule has 0 unspecified atom stereocenters. The zero-order valence-corrected chi connectivity index (χ0v) is 8.48. The lowest BCUT2D eigenvalue weighted by Crippen LogP contribution is -1.93. The average molecular weight is 197 g/mol. The van der Waals surface area contributed by atoms with Crippen molar-refractivity contribution in [3.05, 3.63) is 72.4 Å². The molecule has 1 aromatic rings. The van der Waals surface area contributed by atoms with Gasteiger partial charge in [-0.05, 0) is 35.6 Å². The molecule has 0 bridgehead atoms. The molecule has 0 saturated heterocycles. The van der Waals surface area contributed by atoms with Crippen LogP contribution < -0.4 is 0 Å². The summed E-state index contributed by atoms with van der Waals surface area (Å²) in [6, 6.07) is 8.00. The van der Waals surface area contributed by atoms with E-state index < -0.39 is 0 Å². The number of aliphatic hydroxyl groups is 1. The highest BCUT2D eigenvalue weighted by molar-refractivity contribution is 5.81. The number of rotatable bonds is 1. The zero-order valence-electron chi connectivity index (χ0n) is 8.48. The molecule has 0 aliphatic heterocycles. The van der Waals surface area contributed by atoms with E-state index in [4.69, 9.17) is 5.11 Å². The second kappa shape index (κ2) is 4.18. The van der Waals surface area contributed by atoms with E-state index in [9.17, 15) is 0 Å². The van der Waals surface area contributed by atoms with Crippen molar-refractivity contribution < 1.29 is 5.11 Å². The van der Waals surface area contributed by atoms with Gasteiger partial charge < -0.3 is 5.11 Å². The van der Waals surface area contributed by atoms with Gasteiger partial charge in [-0.25, -0.2) is 0 Å². The van der Waals surface area contributed by atoms with Gasteiger partial charge in [-0.15, -0.1) is 0 Å². The second-order valence-corrected chi connectivity index (χ2v) is 3.56. The fourth-order valence-corrected chi connectivity index (χ4v) is 1.66. The molecule has 0 aromatic heterocycles. The molecule has 75 valence electrons. The summed E-state index contributed by atoms with van der Waals surface area (Å²) < 4.78 is 0. The Morgan fingerprint density at radius 3 is 2.60 bits per heavy atom. The van der Waals surface area contributed by atoms with Crippen molar-refractivity contribution in [2.24, 2.45) is 0 Å². The Hall–Kier alpha value is -1.76. The van der Waals surface area contributed by atoms with Crippen LogP contribution in [0.15, 0.2) is 54.3 Å². The normalized spacial score (nSPS) is 17.9. The maximum Gasteiger partial charge on any atom is 0.0833 e. The van der Waals surface area contributed by atoms with Crippen molar-refractivity contribution in [2.75, 3.05) is 0 Å². The van der Waals surface area contributed by atoms with E-state index in [0.29, 0.717) is 0 Å². The number of benzene rings is 1. The third-order valence-electron chi connectivity index (χ3n) is 2.50. The van der Waals surface area contributed by atoms with E-state index in [2.05, 4.69) is 6.92 Å². The molecule has 0 heterocycles. The van der Waals surface area contributed by atoms with Gasteiger partial charge in [-0.1, -0.05) is 42.5 Å². The smallest absolute Gasteiger partial charge is 0.0833 e. The molecule has 0 saturated carbocycles. The first-order chi connectivity index (χ1) is 7.31. The maximum absolute atomic E-state index is 9.13. The summed E-state index contributed by atoms with van der Waals surface area (Å²) in [5, 5.41) is 9.13. The standard InChI is InChI=1S/C14H13O/c1-11-6-8-12(9-7-11)14-5-3-2-4-13(14)10-15/h2-3,5-10,15H,1,4H2. The topological polar surface area (TPSA) is 20.2 Å². The van der Waals surface area contributed by atoms with Crippen molar-refractivity contribution in [2.45, 2.75) is 6.42 Å². The summed E-state index contributed by atoms with van der Waals surface area (Å²) in [6.45, 7) is 3.85. The van der Waals surface area contributed by atoms with Crippen LogP contribution in [-0.4, -0.2) is 5.11 Å². The molecule has 0 fully saturated rings. The van der Waals surface area contributed by atoms with Crippen molar-refractivity contribution in [3.8, 4) is 0 Å². The molecule has 1 N–H and O–H groups in total. The van der Waals surface area contributed by atoms with E-state index in [-0.39, 0.29) is 0 Å². The fourth-order valence-electron chi connectivity index (χ4n) is 1.66. The third-order valence-corrected chi connectivity index (χ3v) is 2.50. The Bertz CT molecular complexity index is 433. The van der Waals surface area contributed by atoms with Crippen molar-refractivity contribution in [1.29, 1.82) is 0 Å². The van der Waals surface area contributed by atoms with Crippen molar-refractivity contribution >= 4 is 5.57 Å². The van der Waals surface area contributed by atoms with Gasteiger partial charge in [0.2, 0.25) is 0 Å². The van der Waals surface area contributed by atoms with Gasteiger partial charge in [0.1, 0.15) is 0 Å². The molecule has 2 rings (SSSR count). The summed E-state index contributed by atoms with van der Waals surface area (Å²) in [5.41, 5.74) is 4.15. The van der Waals surface area contributed by atoms with E-state index in [0.717, 1.165) is 28.7 Å². The van der Waals surface area contributed by atoms with E-state index in [1.165, 1.54) is 6.26 Å². The lowest BCUT2D eigenvalue weighted by Gasteiger charge is -2.12. The Morgan fingerprint density at radius 1 is 1.20 bits per heavy atom. The fraction of sp³-hybridized carbons (Fsp3) is 0.0714. The molecule has 15 heavy (non-hydrogen) atoms. The first-order valence-electron chi connectivity index (χ1n) is 4.94. The molecule has 1 radical (unpaired) electrons. The minimum Gasteiger partial charge on any atom is -0.515 e. The highest BCUT2D eigenvalue weighted by Crippen LogP contribution is 2.28. The predicted molar refractivity (Wildman–Crippen MR) is 63.3 cm³/mol. The van der Waals surface area contributed by atoms with Crippen molar-refractivity contribution in [1.82, 2.24) is 0 Å². The van der Waals surface area contributed by atoms with Crippen LogP contribution in [0.4, 0.5) is 0 Å². The molecule has 1 aliphatic rings. The summed E-state index contributed by atoms with van der Waals surface area (Å²) in [5.74, 6) is 0. The van der Waals surface area contributed by atoms with Crippen LogP contribution >= 0.6 is 0 Å². The van der Waals surface area contributed by atoms with Gasteiger partial charge in [-0.2, -0.15) is 0 Å². The summed E-state index contributed by atoms with van der Waals surface area (Å²) >= 11 is 0. The van der Waals surface area contributed by atoms with Crippen LogP contribution in [0.3, 0.4) is 0 Å². The number of allylic oxidation sites excluding steroid dienone is 5. The van der Waals surface area contributed by atoms with E-state index >= 15 is 0 Å². The molecule has 0 amide bonds. The van der Waals surface area contributed by atoms with E-state index in [1.54, 1.807) is 0 Å². The zero-order chi connectivity index (χ0) is 10.7. The van der Waals surface area contributed by atoms with Gasteiger partial charge in [0.05, 0.1) is 6.26 Å². The SMILES string of the molecule is [CH2]c1ccc(C2=CC=CCC2=CO)cc1. The number of hydrogen-bond acceptors (Lipinski definition) is 1. The molecule has 1 aliphatic carbocycles. The summed E-state index contributed by atoms with van der Waals surface area (Å²) in [6.07, 6.45) is 8.04. The Kier molecular flexibility index (Phi) is 2.72. The number of hydrogen-bond donors (Lipinski definition) is 1. The second-order valence-electron chi connectivity index (χ2n) is 3.56. The predicted octanol–water partition coefficient (Wildman–Crippen LogP) is 3.65. The van der Waals surface area contributed by atoms with Crippen LogP contribution in [0.1, 0.15) is 17.5 Å². The minimum absolute atomic E-state index is 0.786. The average Bonchev–Trinajstić information content (AvgIpc) is 2.30. The van der Waals surface area contributed by atoms with Gasteiger partial charge in [0.15, 0.2) is 0 Å². The van der Waals surface area contributed by atoms with Gasteiger partial charge in [0.25, 0.3) is 0 Å². The molecule has 0 spiro atoms. The highest BCUT2D eigenvalue weighted by Gasteiger charge is 2.08. The number of aliphatic hydroxyl groups excluding tert-OH is 1. The molecular formula is C14H13O. The lowest BCUT2D eigenvalue weighted by atomic mass is 9.92. The highest BCUT2D eigenvalue weighted by atomic mass is 16.2. The Balaban J connectivity index is 2.41. The molecule has 1 nitrogen and oxygen atoms in total. The van der Waals surface area contributed by atoms with Crippen LogP contribution in [-0.2, 0) is 0 Å². The van der Waals surface area contributed by atoms with Crippen LogP contribution in [0, 0.1) is 6.92 Å².